The summed E-state index contributed by atoms with van der Waals surface area (Å²) in [6.45, 7) is 5.85. The zero-order chi connectivity index (χ0) is 39.9. The van der Waals surface area contributed by atoms with Crippen molar-refractivity contribution in [2.45, 2.75) is 125 Å². The zero-order valence-electron chi connectivity index (χ0n) is 32.6. The van der Waals surface area contributed by atoms with Gasteiger partial charge in [0, 0.05) is 53.3 Å². The first-order valence-electron chi connectivity index (χ1n) is 20.3. The van der Waals surface area contributed by atoms with E-state index in [1.807, 2.05) is 0 Å². The number of aliphatic hydroxyl groups is 6. The molecule has 3 fully saturated rings. The summed E-state index contributed by atoms with van der Waals surface area (Å²) in [7, 11) is 3.22. The second-order valence-electron chi connectivity index (χ2n) is 16.8. The molecule has 2 aromatic rings. The number of benzene rings is 1. The molecule has 0 unspecified atom stereocenters. The van der Waals surface area contributed by atoms with Crippen LogP contribution in [0.4, 0.5) is 0 Å². The monoisotopic (exact) mass is 821 g/mol. The van der Waals surface area contributed by atoms with Gasteiger partial charge in [0.25, 0.3) is 0 Å². The van der Waals surface area contributed by atoms with E-state index in [2.05, 4.69) is 19.2 Å². The Kier molecular flexibility index (Phi) is 12.7. The van der Waals surface area contributed by atoms with E-state index in [0.717, 1.165) is 38.5 Å². The molecule has 0 amide bonds. The number of allylic oxidation sites excluding steroid dienone is 1. The standard InChI is InChI=1S/C41H59NO12S2/c1-4-50-31(46)12-9-25-19-26-13-17-51-33(26)35-34(25)53-37-41(49)32-27(8-10-29(45)28(32)21-43)20-40(48,36(41)47)39(22-44,54-37)23-55-56-38(14-5-6-15-38)30(11-7-24(2)3)42-16-18-52-35/h8,10,13,17,19,24,27-30,32,36-37,42-45,47-49H,4-7,9,11-12,14-16,18,20-23H2,1-3H3/t27-,28+,29+,30-,32-,36-,37+,39-,40-,41+/m0/s1. The lowest BCUT2D eigenvalue weighted by molar-refractivity contribution is -0.416. The lowest BCUT2D eigenvalue weighted by Crippen LogP contribution is -2.85. The summed E-state index contributed by atoms with van der Waals surface area (Å²) in [5.74, 6) is -2.22. The lowest BCUT2D eigenvalue weighted by Gasteiger charge is -2.66. The van der Waals surface area contributed by atoms with Crippen molar-refractivity contribution in [1.29, 1.82) is 0 Å². The van der Waals surface area contributed by atoms with Gasteiger partial charge in [0.05, 0.1) is 25.6 Å². The van der Waals surface area contributed by atoms with Crippen molar-refractivity contribution < 1.29 is 58.8 Å². The Morgan fingerprint density at radius 2 is 1.91 bits per heavy atom. The van der Waals surface area contributed by atoms with Crippen LogP contribution in [0.3, 0.4) is 0 Å². The molecule has 1 aromatic carbocycles. The number of carbonyl (C=O) groups is 1. The van der Waals surface area contributed by atoms with Gasteiger partial charge in [-0.05, 0) is 75.0 Å². The van der Waals surface area contributed by atoms with E-state index >= 15 is 0 Å². The summed E-state index contributed by atoms with van der Waals surface area (Å²) in [5.41, 5.74) is -5.58. The molecular formula is C41H59NO12S2. The molecule has 4 bridgehead atoms. The molecule has 56 heavy (non-hydrogen) atoms. The van der Waals surface area contributed by atoms with Gasteiger partial charge in [0.2, 0.25) is 12.0 Å². The summed E-state index contributed by atoms with van der Waals surface area (Å²) < 4.78 is 31.3. The number of ether oxygens (including phenoxy) is 4. The topological polar surface area (TPSA) is 201 Å². The highest BCUT2D eigenvalue weighted by molar-refractivity contribution is 8.77. The van der Waals surface area contributed by atoms with Crippen molar-refractivity contribution in [2.24, 2.45) is 23.7 Å². The van der Waals surface area contributed by atoms with Gasteiger partial charge in [0.1, 0.15) is 23.9 Å². The van der Waals surface area contributed by atoms with Gasteiger partial charge in [0.15, 0.2) is 16.9 Å². The van der Waals surface area contributed by atoms with Crippen LogP contribution < -0.4 is 14.8 Å². The van der Waals surface area contributed by atoms with Crippen LogP contribution in [0.2, 0.25) is 0 Å². The third kappa shape index (κ3) is 7.30. The number of hydrogen-bond donors (Lipinski definition) is 7. The molecule has 2 saturated carbocycles. The lowest BCUT2D eigenvalue weighted by atomic mass is 9.51. The van der Waals surface area contributed by atoms with Gasteiger partial charge in [-0.25, -0.2) is 0 Å². The van der Waals surface area contributed by atoms with Gasteiger partial charge < -0.3 is 59.3 Å². The highest BCUT2D eigenvalue weighted by Crippen LogP contribution is 2.61. The number of aryl methyl sites for hydroxylation is 1. The molecule has 10 atom stereocenters. The second kappa shape index (κ2) is 16.9. The molecule has 3 aliphatic carbocycles. The van der Waals surface area contributed by atoms with Crippen molar-refractivity contribution in [3.05, 3.63) is 36.1 Å². The molecule has 2 aliphatic heterocycles. The molecule has 0 radical (unpaired) electrons. The number of esters is 1. The van der Waals surface area contributed by atoms with Gasteiger partial charge in [-0.1, -0.05) is 60.4 Å². The summed E-state index contributed by atoms with van der Waals surface area (Å²) >= 11 is 0. The Balaban J connectivity index is 1.39. The SMILES string of the molecule is CCOC(=O)CCc1cc2ccoc2c2c1O[C@@H]1O[C@@](CO)(CSSC3(CCCC3)[C@H](CCC(C)C)NCCO2)[C@]2(O)C[C@@H]3C=C[C@@H](O)[C@@H](CO)[C@H]3[C@@]1(O)[C@H]2O. The van der Waals surface area contributed by atoms with Gasteiger partial charge >= 0.3 is 5.97 Å². The maximum Gasteiger partial charge on any atom is 0.306 e. The average Bonchev–Trinajstić information content (AvgIpc) is 3.85. The summed E-state index contributed by atoms with van der Waals surface area (Å²) in [4.78, 5) is 12.7. The maximum absolute atomic E-state index is 13.0. The summed E-state index contributed by atoms with van der Waals surface area (Å²) in [6, 6.07) is 3.71. The average molecular weight is 822 g/mol. The Hall–Kier alpha value is -2.05. The highest BCUT2D eigenvalue weighted by atomic mass is 33.1. The predicted octanol–water partition coefficient (Wildman–Crippen LogP) is 3.87. The zero-order valence-corrected chi connectivity index (χ0v) is 34.2. The van der Waals surface area contributed by atoms with Crippen molar-refractivity contribution in [2.75, 3.05) is 38.7 Å². The van der Waals surface area contributed by atoms with E-state index in [-0.39, 0.29) is 60.5 Å². The van der Waals surface area contributed by atoms with E-state index in [9.17, 15) is 35.4 Å². The maximum atomic E-state index is 13.0. The van der Waals surface area contributed by atoms with Crippen LogP contribution in [-0.2, 0) is 20.7 Å². The minimum atomic E-state index is -2.43. The van der Waals surface area contributed by atoms with Crippen LogP contribution >= 0.6 is 21.6 Å². The molecule has 1 aromatic heterocycles. The minimum Gasteiger partial charge on any atom is -0.485 e. The number of rotatable bonds is 9. The fourth-order valence-corrected chi connectivity index (χ4v) is 14.1. The fraction of sp³-hybridized carbons (Fsp3) is 0.732. The molecule has 7 N–H and O–H groups in total. The predicted molar refractivity (Wildman–Crippen MR) is 212 cm³/mol. The first-order chi connectivity index (χ1) is 26.9. The molecule has 7 rings (SSSR count). The van der Waals surface area contributed by atoms with Crippen LogP contribution in [0.25, 0.3) is 11.0 Å². The fourth-order valence-electron chi connectivity index (χ4n) is 10.1. The summed E-state index contributed by atoms with van der Waals surface area (Å²) in [6.07, 6.45) is 5.97. The van der Waals surface area contributed by atoms with Crippen molar-refractivity contribution >= 4 is 38.5 Å². The number of carbonyl (C=O) groups excluding carboxylic acids is 1. The smallest absolute Gasteiger partial charge is 0.306 e. The van der Waals surface area contributed by atoms with Gasteiger partial charge in [-0.3, -0.25) is 4.79 Å². The van der Waals surface area contributed by atoms with E-state index in [1.165, 1.54) is 23.1 Å². The van der Waals surface area contributed by atoms with Crippen LogP contribution in [0, 0.1) is 23.7 Å². The highest BCUT2D eigenvalue weighted by Gasteiger charge is 2.76. The normalized spacial score (nSPS) is 36.9. The molecule has 312 valence electrons. The van der Waals surface area contributed by atoms with Crippen molar-refractivity contribution in [3.63, 3.8) is 0 Å². The Labute approximate surface area is 336 Å². The van der Waals surface area contributed by atoms with Crippen LogP contribution in [0.5, 0.6) is 11.5 Å². The van der Waals surface area contributed by atoms with Crippen molar-refractivity contribution in [3.8, 4) is 11.5 Å². The molecule has 15 heteroatoms. The first kappa shape index (κ1) is 42.1. The van der Waals surface area contributed by atoms with Crippen LogP contribution in [-0.4, -0.2) is 121 Å². The van der Waals surface area contributed by atoms with Crippen LogP contribution in [0.1, 0.15) is 77.7 Å². The van der Waals surface area contributed by atoms with Crippen LogP contribution in [0.15, 0.2) is 35.0 Å². The third-order valence-electron chi connectivity index (χ3n) is 13.1. The van der Waals surface area contributed by atoms with Gasteiger partial charge in [-0.2, -0.15) is 0 Å². The number of aliphatic hydroxyl groups excluding tert-OH is 4. The Morgan fingerprint density at radius 1 is 1.12 bits per heavy atom. The summed E-state index contributed by atoms with van der Waals surface area (Å²) in [5, 5.41) is 75.9. The number of furan rings is 1. The molecule has 13 nitrogen and oxygen atoms in total. The number of hydrogen-bond acceptors (Lipinski definition) is 15. The quantitative estimate of drug-likeness (QED) is 0.109. The molecule has 5 aliphatic rings. The largest absolute Gasteiger partial charge is 0.485 e. The van der Waals surface area contributed by atoms with E-state index in [4.69, 9.17) is 23.4 Å². The first-order valence-corrected chi connectivity index (χ1v) is 22.6. The molecular weight excluding hydrogens is 763 g/mol. The Morgan fingerprint density at radius 3 is 2.62 bits per heavy atom. The van der Waals surface area contributed by atoms with E-state index < -0.39 is 72.2 Å². The number of fused-ring (bicyclic) bond motifs is 11. The molecule has 1 saturated heterocycles. The van der Waals surface area contributed by atoms with Crippen molar-refractivity contribution in [1.82, 2.24) is 5.32 Å². The van der Waals surface area contributed by atoms with E-state index in [0.29, 0.717) is 29.0 Å². The van der Waals surface area contributed by atoms with E-state index in [1.54, 1.807) is 35.9 Å². The minimum absolute atomic E-state index is 0.00491. The second-order valence-corrected chi connectivity index (χ2v) is 19.5. The third-order valence-corrected chi connectivity index (χ3v) is 16.5. The Bertz CT molecular complexity index is 1720. The number of nitrogens with one attached hydrogen (secondary N) is 1. The van der Waals surface area contributed by atoms with Gasteiger partial charge in [-0.15, -0.1) is 0 Å². The molecule has 1 spiro atoms. The molecule has 3 heterocycles.